The maximum absolute atomic E-state index is 12.1. The molecule has 1 heterocycles. The summed E-state index contributed by atoms with van der Waals surface area (Å²) < 4.78 is 0. The van der Waals surface area contributed by atoms with Gasteiger partial charge in [-0.2, -0.15) is 5.26 Å². The number of nitrogens with two attached hydrogens (primary N) is 1. The summed E-state index contributed by atoms with van der Waals surface area (Å²) in [6, 6.07) is 2.09. The highest BCUT2D eigenvalue weighted by Gasteiger charge is 2.34. The third kappa shape index (κ3) is 3.06. The highest BCUT2D eigenvalue weighted by atomic mass is 32.1. The van der Waals surface area contributed by atoms with Crippen LogP contribution >= 0.6 is 11.3 Å². The second-order valence-corrected chi connectivity index (χ2v) is 6.05. The molecule has 0 bridgehead atoms. The molecule has 1 aliphatic rings. The van der Waals surface area contributed by atoms with Gasteiger partial charge in [0.2, 0.25) is 0 Å². The molecule has 0 aromatic carbocycles. The minimum Gasteiger partial charge on any atom is -0.396 e. The molecule has 0 unspecified atom stereocenters. The van der Waals surface area contributed by atoms with Crippen molar-refractivity contribution in [2.24, 2.45) is 5.92 Å². The Bertz CT molecular complexity index is 525. The fourth-order valence-electron chi connectivity index (χ4n) is 1.79. The van der Waals surface area contributed by atoms with Gasteiger partial charge < -0.3 is 16.0 Å². The molecule has 6 heteroatoms. The minimum absolute atomic E-state index is 0.0969. The van der Waals surface area contributed by atoms with Crippen molar-refractivity contribution in [1.29, 1.82) is 5.26 Å². The average Bonchev–Trinajstić information content (AvgIpc) is 3.14. The number of nitriles is 1. The standard InChI is InChI=1S/C13H18N4OS/c1-17(2)6-5-16-13-9(7-14)10(15)12(19-13)11(18)8-3-4-8/h8,16H,3-6,15H2,1-2H3. The quantitative estimate of drug-likeness (QED) is 0.775. The third-order valence-corrected chi connectivity index (χ3v) is 4.25. The van der Waals surface area contributed by atoms with Gasteiger partial charge in [0.1, 0.15) is 16.6 Å². The highest BCUT2D eigenvalue weighted by Crippen LogP contribution is 2.41. The Kier molecular flexibility index (Phi) is 4.08. The van der Waals surface area contributed by atoms with E-state index < -0.39 is 0 Å². The number of carbonyl (C=O) groups excluding carboxylic acids is 1. The van der Waals surface area contributed by atoms with Crippen LogP contribution in [0.3, 0.4) is 0 Å². The molecule has 0 amide bonds. The monoisotopic (exact) mass is 278 g/mol. The number of anilines is 2. The van der Waals surface area contributed by atoms with Gasteiger partial charge in [0, 0.05) is 19.0 Å². The largest absolute Gasteiger partial charge is 0.396 e. The molecule has 5 nitrogen and oxygen atoms in total. The number of ketones is 1. The van der Waals surface area contributed by atoms with Crippen molar-refractivity contribution in [2.75, 3.05) is 38.2 Å². The molecular weight excluding hydrogens is 260 g/mol. The summed E-state index contributed by atoms with van der Waals surface area (Å²) in [5.41, 5.74) is 6.68. The van der Waals surface area contributed by atoms with Gasteiger partial charge in [-0.05, 0) is 26.9 Å². The van der Waals surface area contributed by atoms with Crippen LogP contribution in [0.25, 0.3) is 0 Å². The van der Waals surface area contributed by atoms with E-state index in [9.17, 15) is 10.1 Å². The van der Waals surface area contributed by atoms with Crippen LogP contribution in [0.1, 0.15) is 28.1 Å². The van der Waals surface area contributed by atoms with Crippen molar-refractivity contribution >= 4 is 27.8 Å². The predicted octanol–water partition coefficient (Wildman–Crippen LogP) is 1.77. The van der Waals surface area contributed by atoms with Crippen LogP contribution in [-0.4, -0.2) is 37.9 Å². The second-order valence-electron chi connectivity index (χ2n) is 5.03. The number of Topliss-reactive ketones (excluding diaryl/α,β-unsaturated/α-hetero) is 1. The molecule has 1 aliphatic carbocycles. The predicted molar refractivity (Wildman–Crippen MR) is 77.5 cm³/mol. The molecule has 0 radical (unpaired) electrons. The maximum atomic E-state index is 12.1. The van der Waals surface area contributed by atoms with Gasteiger partial charge in [-0.25, -0.2) is 0 Å². The summed E-state index contributed by atoms with van der Waals surface area (Å²) in [5, 5.41) is 13.1. The van der Waals surface area contributed by atoms with Gasteiger partial charge in [0.25, 0.3) is 0 Å². The number of likely N-dealkylation sites (N-methyl/N-ethyl adjacent to an activating group) is 1. The first-order valence-electron chi connectivity index (χ1n) is 6.29. The molecule has 0 spiro atoms. The van der Waals surface area contributed by atoms with E-state index in [1.165, 1.54) is 11.3 Å². The molecule has 1 fully saturated rings. The van der Waals surface area contributed by atoms with Gasteiger partial charge >= 0.3 is 0 Å². The van der Waals surface area contributed by atoms with Crippen LogP contribution in [-0.2, 0) is 0 Å². The van der Waals surface area contributed by atoms with E-state index in [0.29, 0.717) is 21.1 Å². The molecule has 19 heavy (non-hydrogen) atoms. The summed E-state index contributed by atoms with van der Waals surface area (Å²) in [6.07, 6.45) is 1.89. The van der Waals surface area contributed by atoms with E-state index in [0.717, 1.165) is 25.9 Å². The molecule has 0 atom stereocenters. The fraction of sp³-hybridized carbons (Fsp3) is 0.538. The maximum Gasteiger partial charge on any atom is 0.178 e. The SMILES string of the molecule is CN(C)CCNc1sc(C(=O)C2CC2)c(N)c1C#N. The van der Waals surface area contributed by atoms with E-state index in [-0.39, 0.29) is 11.7 Å². The smallest absolute Gasteiger partial charge is 0.178 e. The fourth-order valence-corrected chi connectivity index (χ4v) is 2.90. The Morgan fingerprint density at radius 1 is 1.58 bits per heavy atom. The first-order valence-corrected chi connectivity index (χ1v) is 7.11. The van der Waals surface area contributed by atoms with Gasteiger partial charge in [0.15, 0.2) is 5.78 Å². The van der Waals surface area contributed by atoms with Crippen molar-refractivity contribution in [3.05, 3.63) is 10.4 Å². The molecular formula is C13H18N4OS. The normalized spacial score (nSPS) is 14.4. The van der Waals surface area contributed by atoms with E-state index in [1.54, 1.807) is 0 Å². The van der Waals surface area contributed by atoms with Gasteiger partial charge in [-0.1, -0.05) is 0 Å². The number of rotatable bonds is 6. The van der Waals surface area contributed by atoms with Crippen molar-refractivity contribution < 1.29 is 4.79 Å². The zero-order valence-electron chi connectivity index (χ0n) is 11.2. The number of carbonyl (C=O) groups is 1. The average molecular weight is 278 g/mol. The van der Waals surface area contributed by atoms with Crippen LogP contribution in [0.2, 0.25) is 0 Å². The van der Waals surface area contributed by atoms with Crippen LogP contribution in [0, 0.1) is 17.2 Å². The Labute approximate surface area is 117 Å². The highest BCUT2D eigenvalue weighted by molar-refractivity contribution is 7.19. The van der Waals surface area contributed by atoms with Crippen molar-refractivity contribution in [2.45, 2.75) is 12.8 Å². The van der Waals surface area contributed by atoms with E-state index in [1.807, 2.05) is 19.0 Å². The molecule has 0 saturated heterocycles. The Morgan fingerprint density at radius 3 is 2.79 bits per heavy atom. The second kappa shape index (κ2) is 5.59. The summed E-state index contributed by atoms with van der Waals surface area (Å²) >= 11 is 1.31. The molecule has 1 aromatic heterocycles. The lowest BCUT2D eigenvalue weighted by molar-refractivity contribution is 0.0972. The summed E-state index contributed by atoms with van der Waals surface area (Å²) in [4.78, 5) is 14.7. The Hall–Kier alpha value is -1.58. The van der Waals surface area contributed by atoms with Crippen molar-refractivity contribution in [3.8, 4) is 6.07 Å². The van der Waals surface area contributed by atoms with Gasteiger partial charge in [0.05, 0.1) is 10.6 Å². The third-order valence-electron chi connectivity index (χ3n) is 3.07. The first kappa shape index (κ1) is 13.8. The first-order chi connectivity index (χ1) is 9.04. The Morgan fingerprint density at radius 2 is 2.26 bits per heavy atom. The molecule has 0 aliphatic heterocycles. The lowest BCUT2D eigenvalue weighted by atomic mass is 10.1. The number of nitrogens with zero attached hydrogens (tertiary/aromatic N) is 2. The Balaban J connectivity index is 2.16. The number of nitrogens with one attached hydrogen (secondary N) is 1. The van der Waals surface area contributed by atoms with Gasteiger partial charge in [-0.3, -0.25) is 4.79 Å². The molecule has 3 N–H and O–H groups in total. The lowest BCUT2D eigenvalue weighted by Gasteiger charge is -2.10. The van der Waals surface area contributed by atoms with E-state index >= 15 is 0 Å². The molecule has 1 aromatic rings. The van der Waals surface area contributed by atoms with E-state index in [4.69, 9.17) is 5.73 Å². The van der Waals surface area contributed by atoms with Crippen LogP contribution in [0.15, 0.2) is 0 Å². The van der Waals surface area contributed by atoms with Crippen LogP contribution in [0.5, 0.6) is 0 Å². The van der Waals surface area contributed by atoms with Crippen molar-refractivity contribution in [3.63, 3.8) is 0 Å². The summed E-state index contributed by atoms with van der Waals surface area (Å²) in [7, 11) is 3.97. The van der Waals surface area contributed by atoms with E-state index in [2.05, 4.69) is 11.4 Å². The molecule has 2 rings (SSSR count). The molecule has 1 saturated carbocycles. The zero-order chi connectivity index (χ0) is 14.0. The van der Waals surface area contributed by atoms with Crippen molar-refractivity contribution in [1.82, 2.24) is 4.90 Å². The topological polar surface area (TPSA) is 82.2 Å². The number of nitrogen functional groups attached to an aromatic ring is 1. The van der Waals surface area contributed by atoms with Gasteiger partial charge in [-0.15, -0.1) is 11.3 Å². The summed E-state index contributed by atoms with van der Waals surface area (Å²) in [6.45, 7) is 1.58. The lowest BCUT2D eigenvalue weighted by Crippen LogP contribution is -2.20. The van der Waals surface area contributed by atoms with Crippen LogP contribution < -0.4 is 11.1 Å². The zero-order valence-corrected chi connectivity index (χ0v) is 12.0. The minimum atomic E-state index is 0.0969. The molecule has 102 valence electrons. The number of thiophene rings is 1. The number of hydrogen-bond acceptors (Lipinski definition) is 6. The van der Waals surface area contributed by atoms with Crippen LogP contribution in [0.4, 0.5) is 10.7 Å². The summed E-state index contributed by atoms with van der Waals surface area (Å²) in [5.74, 6) is 0.224. The number of hydrogen-bond donors (Lipinski definition) is 2.